The van der Waals surface area contributed by atoms with Crippen LogP contribution in [0.2, 0.25) is 0 Å². The van der Waals surface area contributed by atoms with Gasteiger partial charge in [-0.3, -0.25) is 4.79 Å². The fourth-order valence-corrected chi connectivity index (χ4v) is 4.03. The predicted octanol–water partition coefficient (Wildman–Crippen LogP) is 6.48. The Morgan fingerprint density at radius 2 is 1.69 bits per heavy atom. The lowest BCUT2D eigenvalue weighted by Gasteiger charge is -2.08. The number of hydrogen-bond acceptors (Lipinski definition) is 4. The van der Waals surface area contributed by atoms with Crippen LogP contribution in [0.25, 0.3) is 21.9 Å². The molecule has 0 atom stereocenters. The quantitative estimate of drug-likeness (QED) is 0.368. The number of carbonyl (C=O) groups is 1. The van der Waals surface area contributed by atoms with Gasteiger partial charge in [0.05, 0.1) is 0 Å². The Balaban J connectivity index is 1.35. The standard InChI is InChI=1S/C24H17NO3S/c26-24(23-21(12-13-29-23)27-15-16-6-2-1-3-7-16)25-17-10-11-19-18-8-4-5-9-20(18)28-22(19)14-17/h1-14H,15H2,(H,25,26). The van der Waals surface area contributed by atoms with Crippen LogP contribution in [0, 0.1) is 0 Å². The van der Waals surface area contributed by atoms with Gasteiger partial charge in [-0.25, -0.2) is 0 Å². The Morgan fingerprint density at radius 1 is 0.897 bits per heavy atom. The van der Waals surface area contributed by atoms with Gasteiger partial charge >= 0.3 is 0 Å². The predicted molar refractivity (Wildman–Crippen MR) is 117 cm³/mol. The Morgan fingerprint density at radius 3 is 2.59 bits per heavy atom. The monoisotopic (exact) mass is 399 g/mol. The van der Waals surface area contributed by atoms with E-state index in [-0.39, 0.29) is 5.91 Å². The first-order valence-electron chi connectivity index (χ1n) is 9.25. The van der Waals surface area contributed by atoms with E-state index in [1.807, 2.05) is 84.2 Å². The average Bonchev–Trinajstić information content (AvgIpc) is 3.37. The third kappa shape index (κ3) is 3.48. The zero-order chi connectivity index (χ0) is 19.6. The average molecular weight is 399 g/mol. The smallest absolute Gasteiger partial charge is 0.269 e. The maximum absolute atomic E-state index is 12.8. The van der Waals surface area contributed by atoms with Crippen LogP contribution in [0.5, 0.6) is 5.75 Å². The second-order valence-electron chi connectivity index (χ2n) is 6.65. The molecule has 0 unspecified atom stereocenters. The van der Waals surface area contributed by atoms with Gasteiger partial charge in [0.15, 0.2) is 0 Å². The van der Waals surface area contributed by atoms with Crippen molar-refractivity contribution in [3.8, 4) is 5.75 Å². The number of benzene rings is 3. The van der Waals surface area contributed by atoms with Crippen molar-refractivity contribution in [2.24, 2.45) is 0 Å². The number of anilines is 1. The van der Waals surface area contributed by atoms with E-state index in [4.69, 9.17) is 9.15 Å². The van der Waals surface area contributed by atoms with Gasteiger partial charge in [0, 0.05) is 22.5 Å². The molecular formula is C24H17NO3S. The van der Waals surface area contributed by atoms with Crippen molar-refractivity contribution in [2.45, 2.75) is 6.61 Å². The van der Waals surface area contributed by atoms with E-state index in [9.17, 15) is 4.79 Å². The molecule has 0 bridgehead atoms. The van der Waals surface area contributed by atoms with Crippen molar-refractivity contribution in [1.82, 2.24) is 0 Å². The Hall–Kier alpha value is -3.57. The second kappa shape index (κ2) is 7.45. The van der Waals surface area contributed by atoms with E-state index in [0.29, 0.717) is 22.9 Å². The van der Waals surface area contributed by atoms with Crippen LogP contribution in [-0.4, -0.2) is 5.91 Å². The molecule has 0 radical (unpaired) electrons. The fourth-order valence-electron chi connectivity index (χ4n) is 3.30. The van der Waals surface area contributed by atoms with E-state index in [1.54, 1.807) is 0 Å². The Labute approximate surface area is 171 Å². The van der Waals surface area contributed by atoms with Gasteiger partial charge in [0.2, 0.25) is 0 Å². The Kier molecular flexibility index (Phi) is 4.50. The summed E-state index contributed by atoms with van der Waals surface area (Å²) in [4.78, 5) is 13.4. The number of rotatable bonds is 5. The highest BCUT2D eigenvalue weighted by Crippen LogP contribution is 2.31. The molecule has 29 heavy (non-hydrogen) atoms. The van der Waals surface area contributed by atoms with Crippen LogP contribution in [-0.2, 0) is 6.61 Å². The largest absolute Gasteiger partial charge is 0.487 e. The number of carbonyl (C=O) groups excluding carboxylic acids is 1. The molecule has 0 saturated heterocycles. The molecule has 0 saturated carbocycles. The van der Waals surface area contributed by atoms with E-state index in [2.05, 4.69) is 5.32 Å². The van der Waals surface area contributed by atoms with Gasteiger partial charge < -0.3 is 14.5 Å². The summed E-state index contributed by atoms with van der Waals surface area (Å²) in [6, 6.07) is 25.3. The van der Waals surface area contributed by atoms with Gasteiger partial charge in [0.1, 0.15) is 28.4 Å². The molecule has 5 aromatic rings. The molecule has 5 heteroatoms. The minimum Gasteiger partial charge on any atom is -0.487 e. The molecule has 0 spiro atoms. The van der Waals surface area contributed by atoms with Crippen LogP contribution in [0.1, 0.15) is 15.2 Å². The number of fused-ring (bicyclic) bond motifs is 3. The van der Waals surface area contributed by atoms with E-state index >= 15 is 0 Å². The summed E-state index contributed by atoms with van der Waals surface area (Å²) in [6.45, 7) is 0.419. The number of nitrogens with one attached hydrogen (secondary N) is 1. The molecule has 3 aromatic carbocycles. The highest BCUT2D eigenvalue weighted by atomic mass is 32.1. The third-order valence-electron chi connectivity index (χ3n) is 4.71. The molecule has 0 aliphatic rings. The van der Waals surface area contributed by atoms with Gasteiger partial charge in [-0.05, 0) is 35.2 Å². The first-order valence-corrected chi connectivity index (χ1v) is 10.1. The van der Waals surface area contributed by atoms with Gasteiger partial charge in [-0.2, -0.15) is 0 Å². The molecule has 1 amide bonds. The maximum atomic E-state index is 12.8. The number of thiophene rings is 1. The van der Waals surface area contributed by atoms with Crippen LogP contribution in [0.4, 0.5) is 5.69 Å². The van der Waals surface area contributed by atoms with Crippen LogP contribution >= 0.6 is 11.3 Å². The number of ether oxygens (including phenoxy) is 1. The van der Waals surface area contributed by atoms with Crippen LogP contribution < -0.4 is 10.1 Å². The summed E-state index contributed by atoms with van der Waals surface area (Å²) in [5.41, 5.74) is 3.32. The number of furan rings is 1. The van der Waals surface area contributed by atoms with Crippen molar-refractivity contribution < 1.29 is 13.9 Å². The van der Waals surface area contributed by atoms with Crippen LogP contribution in [0.15, 0.2) is 88.7 Å². The highest BCUT2D eigenvalue weighted by molar-refractivity contribution is 7.12. The van der Waals surface area contributed by atoms with Gasteiger partial charge in [-0.1, -0.05) is 48.5 Å². The molecule has 142 valence electrons. The van der Waals surface area contributed by atoms with Crippen molar-refractivity contribution in [1.29, 1.82) is 0 Å². The summed E-state index contributed by atoms with van der Waals surface area (Å²) in [5.74, 6) is 0.389. The van der Waals surface area contributed by atoms with E-state index in [0.717, 1.165) is 27.5 Å². The zero-order valence-electron chi connectivity index (χ0n) is 15.4. The molecule has 0 aliphatic heterocycles. The minimum absolute atomic E-state index is 0.196. The van der Waals surface area contributed by atoms with Gasteiger partial charge in [-0.15, -0.1) is 11.3 Å². The first-order chi connectivity index (χ1) is 14.3. The van der Waals surface area contributed by atoms with Crippen molar-refractivity contribution in [2.75, 3.05) is 5.32 Å². The summed E-state index contributed by atoms with van der Waals surface area (Å²) in [5, 5.41) is 6.90. The molecule has 0 aliphatic carbocycles. The normalized spacial score (nSPS) is 11.0. The minimum atomic E-state index is -0.196. The zero-order valence-corrected chi connectivity index (χ0v) is 16.2. The first kappa shape index (κ1) is 17.5. The lowest BCUT2D eigenvalue weighted by Crippen LogP contribution is -2.11. The van der Waals surface area contributed by atoms with E-state index < -0.39 is 0 Å². The fraction of sp³-hybridized carbons (Fsp3) is 0.0417. The molecular weight excluding hydrogens is 382 g/mol. The summed E-state index contributed by atoms with van der Waals surface area (Å²) in [7, 11) is 0. The second-order valence-corrected chi connectivity index (χ2v) is 7.57. The highest BCUT2D eigenvalue weighted by Gasteiger charge is 2.16. The number of para-hydroxylation sites is 1. The van der Waals surface area contributed by atoms with Crippen molar-refractivity contribution in [3.05, 3.63) is 94.7 Å². The summed E-state index contributed by atoms with van der Waals surface area (Å²) in [6.07, 6.45) is 0. The molecule has 1 N–H and O–H groups in total. The molecule has 0 fully saturated rings. The topological polar surface area (TPSA) is 51.5 Å². The lowest BCUT2D eigenvalue weighted by molar-refractivity contribution is 0.102. The maximum Gasteiger partial charge on any atom is 0.269 e. The molecule has 4 nitrogen and oxygen atoms in total. The summed E-state index contributed by atoms with van der Waals surface area (Å²) >= 11 is 1.36. The van der Waals surface area contributed by atoms with Crippen molar-refractivity contribution in [3.63, 3.8) is 0 Å². The van der Waals surface area contributed by atoms with Crippen molar-refractivity contribution >= 4 is 44.9 Å². The summed E-state index contributed by atoms with van der Waals surface area (Å²) < 4.78 is 11.8. The lowest BCUT2D eigenvalue weighted by atomic mass is 10.1. The molecule has 5 rings (SSSR count). The number of hydrogen-bond donors (Lipinski definition) is 1. The van der Waals surface area contributed by atoms with Gasteiger partial charge in [0.25, 0.3) is 5.91 Å². The third-order valence-corrected chi connectivity index (χ3v) is 5.60. The SMILES string of the molecule is O=C(Nc1ccc2c(c1)oc1ccccc12)c1sccc1OCc1ccccc1. The Bertz CT molecular complexity index is 1300. The van der Waals surface area contributed by atoms with E-state index in [1.165, 1.54) is 11.3 Å². The number of amides is 1. The van der Waals surface area contributed by atoms with Crippen LogP contribution in [0.3, 0.4) is 0 Å². The molecule has 2 aromatic heterocycles. The molecule has 2 heterocycles.